The molecule has 0 aromatic heterocycles. The molecule has 1 saturated heterocycles. The molecule has 5 nitrogen and oxygen atoms in total. The lowest BCUT2D eigenvalue weighted by Gasteiger charge is -2.30. The van der Waals surface area contributed by atoms with Gasteiger partial charge in [0.1, 0.15) is 0 Å². The van der Waals surface area contributed by atoms with Gasteiger partial charge >= 0.3 is 0 Å². The van der Waals surface area contributed by atoms with E-state index in [0.717, 1.165) is 43.6 Å². The number of nitrogens with zero attached hydrogens (tertiary/aromatic N) is 1. The number of amides is 1. The molecule has 0 saturated carbocycles. The number of anilines is 1. The minimum absolute atomic E-state index is 0.00525. The third-order valence-electron chi connectivity index (χ3n) is 4.89. The summed E-state index contributed by atoms with van der Waals surface area (Å²) >= 11 is 0. The highest BCUT2D eigenvalue weighted by Gasteiger charge is 2.17. The molecule has 1 amide bonds. The van der Waals surface area contributed by atoms with Gasteiger partial charge in [-0.25, -0.2) is 0 Å². The number of rotatable bonds is 6. The molecule has 2 aromatic rings. The summed E-state index contributed by atoms with van der Waals surface area (Å²) in [6.45, 7) is 3.22. The summed E-state index contributed by atoms with van der Waals surface area (Å²) < 4.78 is 0. The summed E-state index contributed by atoms with van der Waals surface area (Å²) in [5.74, 6) is 0.00525. The molecule has 5 heteroatoms. The minimum atomic E-state index is -0.158. The molecule has 26 heavy (non-hydrogen) atoms. The van der Waals surface area contributed by atoms with E-state index in [9.17, 15) is 9.90 Å². The van der Waals surface area contributed by atoms with Crippen LogP contribution in [0.1, 0.15) is 29.5 Å². The number of likely N-dealkylation sites (tertiary alicyclic amines) is 1. The van der Waals surface area contributed by atoms with Crippen molar-refractivity contribution < 1.29 is 9.90 Å². The largest absolute Gasteiger partial charge is 0.399 e. The second kappa shape index (κ2) is 8.83. The van der Waals surface area contributed by atoms with Gasteiger partial charge < -0.3 is 16.2 Å². The first-order valence-electron chi connectivity index (χ1n) is 9.18. The van der Waals surface area contributed by atoms with Crippen molar-refractivity contribution in [1.82, 2.24) is 10.2 Å². The van der Waals surface area contributed by atoms with Crippen molar-refractivity contribution in [2.45, 2.75) is 38.5 Å². The van der Waals surface area contributed by atoms with Gasteiger partial charge in [-0.05, 0) is 41.7 Å². The number of nitrogens with two attached hydrogens (primary N) is 1. The SMILES string of the molecule is Nc1ccc(CC(=O)NCc2ccccc2CN2CCC(O)CC2)cc1. The molecule has 2 aromatic carbocycles. The van der Waals surface area contributed by atoms with Crippen LogP contribution >= 0.6 is 0 Å². The fourth-order valence-electron chi connectivity index (χ4n) is 3.28. The van der Waals surface area contributed by atoms with Crippen molar-refractivity contribution in [3.63, 3.8) is 0 Å². The van der Waals surface area contributed by atoms with Crippen molar-refractivity contribution >= 4 is 11.6 Å². The Hall–Kier alpha value is -2.37. The molecule has 1 aliphatic heterocycles. The fraction of sp³-hybridized carbons (Fsp3) is 0.381. The van der Waals surface area contributed by atoms with Gasteiger partial charge in [0, 0.05) is 31.9 Å². The van der Waals surface area contributed by atoms with E-state index in [-0.39, 0.29) is 12.0 Å². The number of carbonyl (C=O) groups excluding carboxylic acids is 1. The summed E-state index contributed by atoms with van der Waals surface area (Å²) in [5.41, 5.74) is 9.71. The molecule has 0 atom stereocenters. The van der Waals surface area contributed by atoms with E-state index in [1.807, 2.05) is 36.4 Å². The van der Waals surface area contributed by atoms with Crippen LogP contribution in [0.25, 0.3) is 0 Å². The summed E-state index contributed by atoms with van der Waals surface area (Å²) in [6, 6.07) is 15.6. The van der Waals surface area contributed by atoms with Gasteiger partial charge in [0.15, 0.2) is 0 Å². The number of benzene rings is 2. The van der Waals surface area contributed by atoms with Gasteiger partial charge in [-0.3, -0.25) is 9.69 Å². The average molecular weight is 353 g/mol. The summed E-state index contributed by atoms with van der Waals surface area (Å²) in [4.78, 5) is 14.6. The molecule has 3 rings (SSSR count). The van der Waals surface area contributed by atoms with Gasteiger partial charge in [0.2, 0.25) is 5.91 Å². The van der Waals surface area contributed by atoms with E-state index in [4.69, 9.17) is 5.73 Å². The van der Waals surface area contributed by atoms with Crippen molar-refractivity contribution in [1.29, 1.82) is 0 Å². The summed E-state index contributed by atoms with van der Waals surface area (Å²) in [7, 11) is 0. The van der Waals surface area contributed by atoms with Gasteiger partial charge in [-0.15, -0.1) is 0 Å². The number of nitrogen functional groups attached to an aromatic ring is 1. The Labute approximate surface area is 154 Å². The van der Waals surface area contributed by atoms with Crippen LogP contribution < -0.4 is 11.1 Å². The van der Waals surface area contributed by atoms with Gasteiger partial charge in [-0.2, -0.15) is 0 Å². The quantitative estimate of drug-likeness (QED) is 0.695. The van der Waals surface area contributed by atoms with Crippen molar-refractivity contribution in [2.75, 3.05) is 18.8 Å². The zero-order chi connectivity index (χ0) is 18.4. The summed E-state index contributed by atoms with van der Waals surface area (Å²) in [6.07, 6.45) is 1.86. The Balaban J connectivity index is 1.54. The Kier molecular flexibility index (Phi) is 6.26. The zero-order valence-corrected chi connectivity index (χ0v) is 15.0. The Bertz CT molecular complexity index is 722. The number of aliphatic hydroxyl groups is 1. The smallest absolute Gasteiger partial charge is 0.224 e. The predicted molar refractivity (Wildman–Crippen MR) is 103 cm³/mol. The van der Waals surface area contributed by atoms with Crippen LogP contribution in [-0.4, -0.2) is 35.1 Å². The average Bonchev–Trinajstić information content (AvgIpc) is 2.65. The van der Waals surface area contributed by atoms with Crippen molar-refractivity contribution in [3.05, 3.63) is 65.2 Å². The minimum Gasteiger partial charge on any atom is -0.399 e. The number of carbonyl (C=O) groups is 1. The lowest BCUT2D eigenvalue weighted by molar-refractivity contribution is -0.120. The van der Waals surface area contributed by atoms with Crippen LogP contribution in [0.5, 0.6) is 0 Å². The molecule has 0 radical (unpaired) electrons. The second-order valence-electron chi connectivity index (χ2n) is 6.97. The molecule has 1 aliphatic rings. The maximum atomic E-state index is 12.2. The van der Waals surface area contributed by atoms with E-state index in [0.29, 0.717) is 18.7 Å². The molecule has 4 N–H and O–H groups in total. The highest BCUT2D eigenvalue weighted by Crippen LogP contribution is 2.16. The molecule has 0 aliphatic carbocycles. The highest BCUT2D eigenvalue weighted by molar-refractivity contribution is 5.78. The third kappa shape index (κ3) is 5.31. The van der Waals surface area contributed by atoms with E-state index in [2.05, 4.69) is 22.3 Å². The van der Waals surface area contributed by atoms with Crippen LogP contribution in [0.2, 0.25) is 0 Å². The predicted octanol–water partition coefficient (Wildman–Crippen LogP) is 2.08. The lowest BCUT2D eigenvalue weighted by atomic mass is 10.0. The molecule has 138 valence electrons. The van der Waals surface area contributed by atoms with Crippen LogP contribution in [-0.2, 0) is 24.3 Å². The number of aliphatic hydroxyl groups excluding tert-OH is 1. The van der Waals surface area contributed by atoms with E-state index in [1.165, 1.54) is 5.56 Å². The Morgan fingerprint density at radius 1 is 1.08 bits per heavy atom. The molecular formula is C21H27N3O2. The molecule has 1 fully saturated rings. The van der Waals surface area contributed by atoms with Gasteiger partial charge in [-0.1, -0.05) is 36.4 Å². The van der Waals surface area contributed by atoms with Crippen LogP contribution in [0.4, 0.5) is 5.69 Å². The fourth-order valence-corrected chi connectivity index (χ4v) is 3.28. The monoisotopic (exact) mass is 353 g/mol. The van der Waals surface area contributed by atoms with E-state index >= 15 is 0 Å². The first-order chi connectivity index (χ1) is 12.6. The van der Waals surface area contributed by atoms with Crippen LogP contribution in [0.3, 0.4) is 0 Å². The van der Waals surface area contributed by atoms with Gasteiger partial charge in [0.05, 0.1) is 12.5 Å². The lowest BCUT2D eigenvalue weighted by Crippen LogP contribution is -2.35. The number of hydrogen-bond donors (Lipinski definition) is 3. The van der Waals surface area contributed by atoms with Crippen LogP contribution in [0.15, 0.2) is 48.5 Å². The molecule has 0 unspecified atom stereocenters. The number of nitrogens with one attached hydrogen (secondary N) is 1. The first-order valence-corrected chi connectivity index (χ1v) is 9.18. The molecular weight excluding hydrogens is 326 g/mol. The number of piperidine rings is 1. The highest BCUT2D eigenvalue weighted by atomic mass is 16.3. The maximum Gasteiger partial charge on any atom is 0.224 e. The van der Waals surface area contributed by atoms with Crippen molar-refractivity contribution in [3.8, 4) is 0 Å². The zero-order valence-electron chi connectivity index (χ0n) is 15.0. The standard InChI is InChI=1S/C21H27N3O2/c22-19-7-5-16(6-8-19)13-21(26)23-14-17-3-1-2-4-18(17)15-24-11-9-20(25)10-12-24/h1-8,20,25H,9-15,22H2,(H,23,26). The third-order valence-corrected chi connectivity index (χ3v) is 4.89. The second-order valence-corrected chi connectivity index (χ2v) is 6.97. The first kappa shape index (κ1) is 18.4. The van der Waals surface area contributed by atoms with E-state index < -0.39 is 0 Å². The molecule has 0 bridgehead atoms. The topological polar surface area (TPSA) is 78.6 Å². The Morgan fingerprint density at radius 3 is 2.42 bits per heavy atom. The molecule has 1 heterocycles. The Morgan fingerprint density at radius 2 is 1.73 bits per heavy atom. The molecule has 0 spiro atoms. The normalized spacial score (nSPS) is 15.7. The maximum absolute atomic E-state index is 12.2. The summed E-state index contributed by atoms with van der Waals surface area (Å²) in [5, 5.41) is 12.7. The van der Waals surface area contributed by atoms with Gasteiger partial charge in [0.25, 0.3) is 0 Å². The van der Waals surface area contributed by atoms with E-state index in [1.54, 1.807) is 0 Å². The van der Waals surface area contributed by atoms with Crippen molar-refractivity contribution in [2.24, 2.45) is 0 Å². The van der Waals surface area contributed by atoms with Crippen LogP contribution in [0, 0.1) is 0 Å². The number of hydrogen-bond acceptors (Lipinski definition) is 4.